The first-order valence-corrected chi connectivity index (χ1v) is 8.32. The zero-order valence-electron chi connectivity index (χ0n) is 13.4. The lowest BCUT2D eigenvalue weighted by molar-refractivity contribution is 0.164. The molecule has 4 rings (SSSR count). The molecule has 2 atom stereocenters. The number of aliphatic hydroxyl groups is 1. The molecule has 1 N–H and O–H groups in total. The van der Waals surface area contributed by atoms with Crippen LogP contribution in [-0.4, -0.2) is 33.8 Å². The molecule has 2 aromatic rings. The van der Waals surface area contributed by atoms with Crippen molar-refractivity contribution in [3.8, 4) is 0 Å². The van der Waals surface area contributed by atoms with Crippen LogP contribution in [0.4, 0.5) is 11.8 Å². The smallest absolute Gasteiger partial charge is 0.227 e. The Bertz CT molecular complexity index is 678. The van der Waals surface area contributed by atoms with E-state index in [0.29, 0.717) is 0 Å². The number of aromatic nitrogens is 2. The van der Waals surface area contributed by atoms with Crippen molar-refractivity contribution in [2.24, 2.45) is 0 Å². The quantitative estimate of drug-likeness (QED) is 0.943. The number of hydrogen-bond donors (Lipinski definition) is 1. The van der Waals surface area contributed by atoms with Crippen molar-refractivity contribution in [3.63, 3.8) is 0 Å². The van der Waals surface area contributed by atoms with Crippen molar-refractivity contribution in [2.75, 3.05) is 16.3 Å². The van der Waals surface area contributed by atoms with E-state index in [4.69, 9.17) is 4.98 Å². The van der Waals surface area contributed by atoms with E-state index in [-0.39, 0.29) is 12.1 Å². The molecule has 2 aliphatic rings. The van der Waals surface area contributed by atoms with Crippen molar-refractivity contribution in [1.82, 2.24) is 9.97 Å². The lowest BCUT2D eigenvalue weighted by atomic mass is 10.1. The summed E-state index contributed by atoms with van der Waals surface area (Å²) in [6.45, 7) is 4.56. The Morgan fingerprint density at radius 2 is 1.91 bits per heavy atom. The van der Waals surface area contributed by atoms with Crippen molar-refractivity contribution in [2.45, 2.75) is 45.0 Å². The predicted octanol–water partition coefficient (Wildman–Crippen LogP) is 2.35. The van der Waals surface area contributed by atoms with Crippen LogP contribution in [0.5, 0.6) is 0 Å². The highest BCUT2D eigenvalue weighted by atomic mass is 16.3. The Morgan fingerprint density at radius 1 is 1.17 bits per heavy atom. The summed E-state index contributed by atoms with van der Waals surface area (Å²) >= 11 is 0. The van der Waals surface area contributed by atoms with Crippen LogP contribution in [0.25, 0.3) is 0 Å². The van der Waals surface area contributed by atoms with Gasteiger partial charge in [-0.05, 0) is 37.0 Å². The molecule has 1 unspecified atom stereocenters. The molecule has 1 fully saturated rings. The van der Waals surface area contributed by atoms with Crippen LogP contribution >= 0.6 is 0 Å². The maximum atomic E-state index is 9.98. The van der Waals surface area contributed by atoms with E-state index < -0.39 is 0 Å². The molecule has 0 saturated carbocycles. The van der Waals surface area contributed by atoms with Crippen LogP contribution < -0.4 is 9.80 Å². The van der Waals surface area contributed by atoms with Crippen LogP contribution in [0, 0.1) is 0 Å². The van der Waals surface area contributed by atoms with Gasteiger partial charge in [0.05, 0.1) is 12.1 Å². The molecule has 1 aromatic heterocycles. The van der Waals surface area contributed by atoms with Gasteiger partial charge in [0.1, 0.15) is 5.82 Å². The molecule has 1 saturated heterocycles. The van der Waals surface area contributed by atoms with E-state index in [1.54, 1.807) is 0 Å². The monoisotopic (exact) mass is 310 g/mol. The molecule has 0 amide bonds. The molecule has 2 aliphatic heterocycles. The fourth-order valence-electron chi connectivity index (χ4n) is 3.69. The van der Waals surface area contributed by atoms with Gasteiger partial charge in [0.25, 0.3) is 0 Å². The van der Waals surface area contributed by atoms with Crippen LogP contribution in [0.15, 0.2) is 36.5 Å². The van der Waals surface area contributed by atoms with Gasteiger partial charge in [0.15, 0.2) is 0 Å². The minimum Gasteiger partial charge on any atom is -0.391 e. The topological polar surface area (TPSA) is 52.5 Å². The van der Waals surface area contributed by atoms with Crippen LogP contribution in [0.2, 0.25) is 0 Å². The number of fused-ring (bicyclic) bond motifs is 1. The SMILES string of the molecule is CC(O)[C@H]1CCCN1c1nccc(N2Cc3ccccc3C2)n1. The normalized spacial score (nSPS) is 21.6. The van der Waals surface area contributed by atoms with Crippen molar-refractivity contribution >= 4 is 11.8 Å². The number of benzene rings is 1. The zero-order chi connectivity index (χ0) is 15.8. The van der Waals surface area contributed by atoms with E-state index in [0.717, 1.165) is 44.2 Å². The van der Waals surface area contributed by atoms with Gasteiger partial charge < -0.3 is 14.9 Å². The minimum absolute atomic E-state index is 0.126. The maximum absolute atomic E-state index is 9.98. The molecule has 0 radical (unpaired) electrons. The van der Waals surface area contributed by atoms with Gasteiger partial charge in [-0.3, -0.25) is 0 Å². The van der Waals surface area contributed by atoms with Crippen LogP contribution in [0.1, 0.15) is 30.9 Å². The molecule has 5 heteroatoms. The number of aliphatic hydroxyl groups excluding tert-OH is 1. The summed E-state index contributed by atoms with van der Waals surface area (Å²) in [4.78, 5) is 13.7. The van der Waals surface area contributed by atoms with E-state index in [9.17, 15) is 5.11 Å². The standard InChI is InChI=1S/C18H22N4O/c1-13(23)16-7-4-10-22(16)18-19-9-8-17(20-18)21-11-14-5-2-3-6-15(14)12-21/h2-3,5-6,8-9,13,16,23H,4,7,10-12H2,1H3/t13?,16-/m1/s1. The van der Waals surface area contributed by atoms with Crippen LogP contribution in [-0.2, 0) is 13.1 Å². The van der Waals surface area contributed by atoms with E-state index in [1.807, 2.05) is 19.2 Å². The third-order valence-corrected chi connectivity index (χ3v) is 4.91. The van der Waals surface area contributed by atoms with Gasteiger partial charge in [-0.2, -0.15) is 4.98 Å². The Kier molecular flexibility index (Phi) is 3.65. The number of rotatable bonds is 3. The molecule has 120 valence electrons. The number of hydrogen-bond acceptors (Lipinski definition) is 5. The molecule has 3 heterocycles. The molecule has 0 spiro atoms. The highest BCUT2D eigenvalue weighted by Gasteiger charge is 2.30. The van der Waals surface area contributed by atoms with Gasteiger partial charge >= 0.3 is 0 Å². The summed E-state index contributed by atoms with van der Waals surface area (Å²) in [6.07, 6.45) is 3.55. The Hall–Kier alpha value is -2.14. The summed E-state index contributed by atoms with van der Waals surface area (Å²) in [7, 11) is 0. The second-order valence-corrected chi connectivity index (χ2v) is 6.48. The minimum atomic E-state index is -0.360. The maximum Gasteiger partial charge on any atom is 0.227 e. The van der Waals surface area contributed by atoms with E-state index >= 15 is 0 Å². The average molecular weight is 310 g/mol. The highest BCUT2D eigenvalue weighted by Crippen LogP contribution is 2.29. The fourth-order valence-corrected chi connectivity index (χ4v) is 3.69. The van der Waals surface area contributed by atoms with Gasteiger partial charge in [-0.15, -0.1) is 0 Å². The first kappa shape index (κ1) is 14.5. The first-order valence-electron chi connectivity index (χ1n) is 8.32. The summed E-state index contributed by atoms with van der Waals surface area (Å²) in [5.41, 5.74) is 2.74. The molecule has 23 heavy (non-hydrogen) atoms. The van der Waals surface area contributed by atoms with Gasteiger partial charge in [-0.25, -0.2) is 4.98 Å². The summed E-state index contributed by atoms with van der Waals surface area (Å²) in [6, 6.07) is 10.6. The van der Waals surface area contributed by atoms with Crippen molar-refractivity contribution in [3.05, 3.63) is 47.7 Å². The highest BCUT2D eigenvalue weighted by molar-refractivity contribution is 5.50. The van der Waals surface area contributed by atoms with E-state index in [2.05, 4.69) is 39.0 Å². The molecular weight excluding hydrogens is 288 g/mol. The fraction of sp³-hybridized carbons (Fsp3) is 0.444. The molecule has 5 nitrogen and oxygen atoms in total. The van der Waals surface area contributed by atoms with Gasteiger partial charge in [0, 0.05) is 25.8 Å². The third-order valence-electron chi connectivity index (χ3n) is 4.91. The van der Waals surface area contributed by atoms with Crippen molar-refractivity contribution in [1.29, 1.82) is 0 Å². The number of nitrogens with zero attached hydrogens (tertiary/aromatic N) is 4. The Labute approximate surface area is 136 Å². The zero-order valence-corrected chi connectivity index (χ0v) is 13.4. The summed E-state index contributed by atoms with van der Waals surface area (Å²) < 4.78 is 0. The van der Waals surface area contributed by atoms with E-state index in [1.165, 1.54) is 11.1 Å². The predicted molar refractivity (Wildman–Crippen MR) is 90.4 cm³/mol. The van der Waals surface area contributed by atoms with Crippen molar-refractivity contribution < 1.29 is 5.11 Å². The Balaban J connectivity index is 1.58. The first-order chi connectivity index (χ1) is 11.2. The van der Waals surface area contributed by atoms with Gasteiger partial charge in [-0.1, -0.05) is 24.3 Å². The average Bonchev–Trinajstić information content (AvgIpc) is 3.21. The molecule has 1 aromatic carbocycles. The summed E-state index contributed by atoms with van der Waals surface area (Å²) in [5, 5.41) is 9.98. The number of anilines is 2. The second kappa shape index (κ2) is 5.81. The summed E-state index contributed by atoms with van der Waals surface area (Å²) in [5.74, 6) is 1.70. The van der Waals surface area contributed by atoms with Gasteiger partial charge in [0.2, 0.25) is 5.95 Å². The van der Waals surface area contributed by atoms with Crippen LogP contribution in [0.3, 0.4) is 0 Å². The lowest BCUT2D eigenvalue weighted by Crippen LogP contribution is -2.38. The molecule has 0 aliphatic carbocycles. The largest absolute Gasteiger partial charge is 0.391 e. The molecule has 0 bridgehead atoms. The lowest BCUT2D eigenvalue weighted by Gasteiger charge is -2.27. The molecular formula is C18H22N4O. The third kappa shape index (κ3) is 2.65. The second-order valence-electron chi connectivity index (χ2n) is 6.48. The Morgan fingerprint density at radius 3 is 2.61 bits per heavy atom.